The van der Waals surface area contributed by atoms with Crippen LogP contribution in [0.4, 0.5) is 5.88 Å². The number of carbonyl (C=O) groups excluding carboxylic acids is 1. The molecule has 0 bridgehead atoms. The monoisotopic (exact) mass is 446 g/mol. The Labute approximate surface area is 192 Å². The molecular formula is C26H26N2O5. The van der Waals surface area contributed by atoms with Gasteiger partial charge in [-0.3, -0.25) is 4.79 Å². The SMILES string of the molecule is CCOc1cc([C@@H]2C3=C(C[C@@H](c4ccc(OC)cc4)CC3=O)Nc3onc(C)c32)ccc1O. The van der Waals surface area contributed by atoms with Gasteiger partial charge in [0.25, 0.3) is 0 Å². The molecule has 5 rings (SSSR count). The maximum atomic E-state index is 13.6. The summed E-state index contributed by atoms with van der Waals surface area (Å²) in [5.41, 5.74) is 5.10. The summed E-state index contributed by atoms with van der Waals surface area (Å²) in [5, 5.41) is 17.7. The largest absolute Gasteiger partial charge is 0.504 e. The highest BCUT2D eigenvalue weighted by Crippen LogP contribution is 2.50. The van der Waals surface area contributed by atoms with Crippen molar-refractivity contribution in [2.75, 3.05) is 19.0 Å². The Bertz CT molecular complexity index is 1240. The van der Waals surface area contributed by atoms with E-state index in [4.69, 9.17) is 14.0 Å². The summed E-state index contributed by atoms with van der Waals surface area (Å²) in [4.78, 5) is 13.6. The Balaban J connectivity index is 1.58. The third-order valence-electron chi connectivity index (χ3n) is 6.46. The molecular weight excluding hydrogens is 420 g/mol. The Morgan fingerprint density at radius 3 is 2.64 bits per heavy atom. The molecule has 2 heterocycles. The Morgan fingerprint density at radius 2 is 1.91 bits per heavy atom. The number of nitrogens with one attached hydrogen (secondary N) is 1. The predicted octanol–water partition coefficient (Wildman–Crippen LogP) is 5.05. The van der Waals surface area contributed by atoms with Gasteiger partial charge in [-0.05, 0) is 61.6 Å². The summed E-state index contributed by atoms with van der Waals surface area (Å²) >= 11 is 0. The highest BCUT2D eigenvalue weighted by molar-refractivity contribution is 6.01. The van der Waals surface area contributed by atoms with Crippen molar-refractivity contribution in [2.24, 2.45) is 0 Å². The minimum atomic E-state index is -0.341. The van der Waals surface area contributed by atoms with Crippen LogP contribution in [-0.4, -0.2) is 29.8 Å². The number of aromatic hydroxyl groups is 1. The number of hydrogen-bond acceptors (Lipinski definition) is 7. The van der Waals surface area contributed by atoms with Gasteiger partial charge >= 0.3 is 0 Å². The minimum Gasteiger partial charge on any atom is -0.504 e. The number of methoxy groups -OCH3 is 1. The van der Waals surface area contributed by atoms with E-state index < -0.39 is 0 Å². The number of anilines is 1. The van der Waals surface area contributed by atoms with E-state index in [9.17, 15) is 9.90 Å². The van der Waals surface area contributed by atoms with Crippen molar-refractivity contribution in [1.82, 2.24) is 5.16 Å². The molecule has 2 aromatic carbocycles. The third kappa shape index (κ3) is 3.63. The van der Waals surface area contributed by atoms with Gasteiger partial charge in [0, 0.05) is 23.6 Å². The van der Waals surface area contributed by atoms with Gasteiger partial charge in [0.2, 0.25) is 5.88 Å². The van der Waals surface area contributed by atoms with Gasteiger partial charge in [0.05, 0.1) is 25.0 Å². The molecule has 0 radical (unpaired) electrons. The first-order valence-corrected chi connectivity index (χ1v) is 11.1. The molecule has 0 saturated carbocycles. The molecule has 33 heavy (non-hydrogen) atoms. The summed E-state index contributed by atoms with van der Waals surface area (Å²) in [6, 6.07) is 13.1. The van der Waals surface area contributed by atoms with E-state index in [-0.39, 0.29) is 23.4 Å². The summed E-state index contributed by atoms with van der Waals surface area (Å²) in [7, 11) is 1.64. The summed E-state index contributed by atoms with van der Waals surface area (Å²) in [6.45, 7) is 4.17. The van der Waals surface area contributed by atoms with Crippen LogP contribution in [0, 0.1) is 6.92 Å². The van der Waals surface area contributed by atoms with E-state index in [0.717, 1.165) is 39.4 Å². The number of aryl methyl sites for hydroxylation is 1. The topological polar surface area (TPSA) is 93.8 Å². The fourth-order valence-electron chi connectivity index (χ4n) is 4.90. The highest BCUT2D eigenvalue weighted by Gasteiger charge is 2.41. The Hall–Kier alpha value is -3.74. The van der Waals surface area contributed by atoms with Crippen molar-refractivity contribution in [1.29, 1.82) is 0 Å². The molecule has 2 N–H and O–H groups in total. The first kappa shape index (κ1) is 21.1. The second-order valence-corrected chi connectivity index (χ2v) is 8.42. The van der Waals surface area contributed by atoms with E-state index in [1.54, 1.807) is 19.2 Å². The van der Waals surface area contributed by atoms with E-state index in [2.05, 4.69) is 10.5 Å². The van der Waals surface area contributed by atoms with Crippen LogP contribution < -0.4 is 14.8 Å². The highest BCUT2D eigenvalue weighted by atomic mass is 16.5. The Kier molecular flexibility index (Phi) is 5.32. The van der Waals surface area contributed by atoms with E-state index in [1.807, 2.05) is 44.2 Å². The number of ether oxygens (including phenoxy) is 2. The number of fused-ring (bicyclic) bond motifs is 1. The molecule has 0 amide bonds. The first-order valence-electron chi connectivity index (χ1n) is 11.1. The average Bonchev–Trinajstić information content (AvgIpc) is 3.19. The lowest BCUT2D eigenvalue weighted by Crippen LogP contribution is -2.29. The van der Waals surface area contributed by atoms with E-state index in [1.165, 1.54) is 0 Å². The van der Waals surface area contributed by atoms with Crippen LogP contribution in [0.3, 0.4) is 0 Å². The second kappa shape index (κ2) is 8.31. The number of nitrogens with zero attached hydrogens (tertiary/aromatic N) is 1. The number of benzene rings is 2. The molecule has 2 aliphatic rings. The van der Waals surface area contributed by atoms with E-state index in [0.29, 0.717) is 31.1 Å². The van der Waals surface area contributed by atoms with Gasteiger partial charge in [-0.2, -0.15) is 0 Å². The number of phenolic OH excluding ortho intramolecular Hbond substituents is 1. The van der Waals surface area contributed by atoms with Crippen molar-refractivity contribution in [2.45, 2.75) is 38.5 Å². The van der Waals surface area contributed by atoms with Crippen LogP contribution in [-0.2, 0) is 4.79 Å². The van der Waals surface area contributed by atoms with Crippen LogP contribution in [0.5, 0.6) is 17.2 Å². The average molecular weight is 447 g/mol. The van der Waals surface area contributed by atoms with Crippen LogP contribution in [0.25, 0.3) is 0 Å². The lowest BCUT2D eigenvalue weighted by molar-refractivity contribution is -0.116. The molecule has 170 valence electrons. The number of carbonyl (C=O) groups is 1. The number of phenols is 1. The molecule has 0 spiro atoms. The first-order chi connectivity index (χ1) is 16.0. The summed E-state index contributed by atoms with van der Waals surface area (Å²) in [5.74, 6) is 1.62. The zero-order chi connectivity index (χ0) is 23.1. The number of hydrogen-bond donors (Lipinski definition) is 2. The molecule has 7 heteroatoms. The van der Waals surface area contributed by atoms with Crippen LogP contribution >= 0.6 is 0 Å². The Morgan fingerprint density at radius 1 is 1.15 bits per heavy atom. The van der Waals surface area contributed by atoms with Crippen molar-refractivity contribution in [3.05, 3.63) is 76.1 Å². The number of ketones is 1. The van der Waals surface area contributed by atoms with Crippen molar-refractivity contribution in [3.63, 3.8) is 0 Å². The van der Waals surface area contributed by atoms with Crippen LogP contribution in [0.15, 0.2) is 58.3 Å². The zero-order valence-electron chi connectivity index (χ0n) is 18.8. The number of rotatable bonds is 5. The third-order valence-corrected chi connectivity index (χ3v) is 6.46. The van der Waals surface area contributed by atoms with Crippen LogP contribution in [0.2, 0.25) is 0 Å². The maximum absolute atomic E-state index is 13.6. The van der Waals surface area contributed by atoms with Crippen molar-refractivity contribution in [3.8, 4) is 17.2 Å². The smallest absolute Gasteiger partial charge is 0.233 e. The zero-order valence-corrected chi connectivity index (χ0v) is 18.8. The summed E-state index contributed by atoms with van der Waals surface area (Å²) < 4.78 is 16.5. The molecule has 3 aromatic rings. The fourth-order valence-corrected chi connectivity index (χ4v) is 4.90. The van der Waals surface area contributed by atoms with Gasteiger partial charge < -0.3 is 24.4 Å². The fraction of sp³-hybridized carbons (Fsp3) is 0.308. The second-order valence-electron chi connectivity index (χ2n) is 8.42. The van der Waals surface area contributed by atoms with Gasteiger partial charge in [0.1, 0.15) is 5.75 Å². The molecule has 2 atom stereocenters. The quantitative estimate of drug-likeness (QED) is 0.566. The van der Waals surface area contributed by atoms with Gasteiger partial charge in [-0.1, -0.05) is 23.4 Å². The van der Waals surface area contributed by atoms with E-state index >= 15 is 0 Å². The van der Waals surface area contributed by atoms with Crippen LogP contribution in [0.1, 0.15) is 54.0 Å². The molecule has 1 aromatic heterocycles. The van der Waals surface area contributed by atoms with Gasteiger partial charge in [-0.25, -0.2) is 0 Å². The molecule has 1 aliphatic heterocycles. The predicted molar refractivity (Wildman–Crippen MR) is 123 cm³/mol. The lowest BCUT2D eigenvalue weighted by atomic mass is 9.72. The van der Waals surface area contributed by atoms with Crippen molar-refractivity contribution < 1.29 is 23.9 Å². The van der Waals surface area contributed by atoms with Crippen molar-refractivity contribution >= 4 is 11.7 Å². The number of Topliss-reactive ketones (excluding diaryl/α,β-unsaturated/α-hetero) is 1. The number of aromatic nitrogens is 1. The standard InChI is InChI=1S/C26H26N2O5/c1-4-32-22-13-16(7-10-20(22)29)24-23-14(2)28-33-26(23)27-19-11-17(12-21(30)25(19)24)15-5-8-18(31-3)9-6-15/h5-10,13,17,24,27,29H,4,11-12H2,1-3H3/t17-,24+/m1/s1. The lowest BCUT2D eigenvalue weighted by Gasteiger charge is -2.34. The number of allylic oxidation sites excluding steroid dienone is 2. The van der Waals surface area contributed by atoms with Gasteiger partial charge in [0.15, 0.2) is 17.3 Å². The molecule has 0 unspecified atom stereocenters. The minimum absolute atomic E-state index is 0.0553. The summed E-state index contributed by atoms with van der Waals surface area (Å²) in [6.07, 6.45) is 1.10. The maximum Gasteiger partial charge on any atom is 0.233 e. The normalized spacial score (nSPS) is 19.5. The molecule has 7 nitrogen and oxygen atoms in total. The molecule has 1 aliphatic carbocycles. The van der Waals surface area contributed by atoms with Gasteiger partial charge in [-0.15, -0.1) is 0 Å². The molecule has 0 saturated heterocycles. The molecule has 0 fully saturated rings.